The molecule has 1 unspecified atom stereocenters. The summed E-state index contributed by atoms with van der Waals surface area (Å²) in [6.07, 6.45) is 5.13. The number of fused-ring (bicyclic) bond motifs is 1. The molecule has 244 valence electrons. The molecule has 0 fully saturated rings. The fourth-order valence-corrected chi connectivity index (χ4v) is 6.68. The number of benzene rings is 3. The molecule has 1 aliphatic heterocycles. The first kappa shape index (κ1) is 32.5. The van der Waals surface area contributed by atoms with Gasteiger partial charge in [0, 0.05) is 17.3 Å². The molecule has 3 aromatic carbocycles. The predicted octanol–water partition coefficient (Wildman–Crippen LogP) is 5.92. The molecule has 1 aliphatic rings. The van der Waals surface area contributed by atoms with Gasteiger partial charge in [0.15, 0.2) is 4.80 Å². The summed E-state index contributed by atoms with van der Waals surface area (Å²) in [6, 6.07) is 22.3. The topological polar surface area (TPSA) is 96.9 Å². The molecule has 10 heteroatoms. The highest BCUT2D eigenvalue weighted by atomic mass is 32.1. The summed E-state index contributed by atoms with van der Waals surface area (Å²) in [5.41, 5.74) is 5.44. The van der Waals surface area contributed by atoms with Gasteiger partial charge in [-0.05, 0) is 87.4 Å². The van der Waals surface area contributed by atoms with Crippen LogP contribution < -0.4 is 24.4 Å². The van der Waals surface area contributed by atoms with Gasteiger partial charge in [0.25, 0.3) is 5.56 Å². The minimum Gasteiger partial charge on any atom is -0.497 e. The van der Waals surface area contributed by atoms with Crippen molar-refractivity contribution in [2.45, 2.75) is 39.8 Å². The maximum atomic E-state index is 14.4. The zero-order valence-electron chi connectivity index (χ0n) is 27.5. The van der Waals surface area contributed by atoms with E-state index in [0.717, 1.165) is 33.7 Å². The SMILES string of the molecule is C=CCOc1ccc(-c2nn(-c3ccccc3)cc2C=c2sc3n(c2=O)C(c2ccc(OC)cc2)C(C(=O)OC(C)C)=C(C)N=3)cc1C. The molecule has 0 amide bonds. The van der Waals surface area contributed by atoms with Crippen LogP contribution in [0.3, 0.4) is 0 Å². The zero-order chi connectivity index (χ0) is 33.9. The molecule has 0 spiro atoms. The molecule has 0 saturated carbocycles. The van der Waals surface area contributed by atoms with Gasteiger partial charge in [0.05, 0.1) is 40.7 Å². The summed E-state index contributed by atoms with van der Waals surface area (Å²) in [6.45, 7) is 11.5. The van der Waals surface area contributed by atoms with Crippen LogP contribution in [0.5, 0.6) is 11.5 Å². The van der Waals surface area contributed by atoms with E-state index in [1.54, 1.807) is 43.2 Å². The van der Waals surface area contributed by atoms with Crippen LogP contribution in [0.4, 0.5) is 0 Å². The van der Waals surface area contributed by atoms with Gasteiger partial charge < -0.3 is 14.2 Å². The Morgan fingerprint density at radius 1 is 1.06 bits per heavy atom. The van der Waals surface area contributed by atoms with Crippen LogP contribution in [0.1, 0.15) is 43.5 Å². The van der Waals surface area contributed by atoms with Gasteiger partial charge in [-0.25, -0.2) is 14.5 Å². The number of methoxy groups -OCH3 is 1. The maximum absolute atomic E-state index is 14.4. The lowest BCUT2D eigenvalue weighted by atomic mass is 9.96. The largest absolute Gasteiger partial charge is 0.497 e. The highest BCUT2D eigenvalue weighted by Gasteiger charge is 2.34. The average Bonchev–Trinajstić information content (AvgIpc) is 3.64. The highest BCUT2D eigenvalue weighted by molar-refractivity contribution is 7.07. The van der Waals surface area contributed by atoms with Crippen molar-refractivity contribution in [1.29, 1.82) is 0 Å². The number of aryl methyl sites for hydroxylation is 1. The molecule has 2 aromatic heterocycles. The van der Waals surface area contributed by atoms with Gasteiger partial charge in [0.2, 0.25) is 0 Å². The van der Waals surface area contributed by atoms with Gasteiger partial charge in [-0.2, -0.15) is 5.10 Å². The van der Waals surface area contributed by atoms with Gasteiger partial charge in [-0.1, -0.05) is 54.3 Å². The number of nitrogens with zero attached hydrogens (tertiary/aromatic N) is 4. The quantitative estimate of drug-likeness (QED) is 0.136. The summed E-state index contributed by atoms with van der Waals surface area (Å²) >= 11 is 1.27. The second kappa shape index (κ2) is 13.7. The van der Waals surface area contributed by atoms with Crippen molar-refractivity contribution in [2.75, 3.05) is 13.7 Å². The molecule has 48 heavy (non-hydrogen) atoms. The van der Waals surface area contributed by atoms with Crippen LogP contribution in [0.15, 0.2) is 113 Å². The van der Waals surface area contributed by atoms with Gasteiger partial charge >= 0.3 is 5.97 Å². The number of carbonyl (C=O) groups excluding carboxylic acids is 1. The van der Waals surface area contributed by atoms with Crippen molar-refractivity contribution in [3.63, 3.8) is 0 Å². The fourth-order valence-electron chi connectivity index (χ4n) is 5.64. The molecular weight excluding hydrogens is 625 g/mol. The Bertz CT molecular complexity index is 2210. The molecule has 5 aromatic rings. The van der Waals surface area contributed by atoms with E-state index in [-0.39, 0.29) is 11.7 Å². The lowest BCUT2D eigenvalue weighted by Gasteiger charge is -2.25. The van der Waals surface area contributed by atoms with Crippen molar-refractivity contribution >= 4 is 23.4 Å². The van der Waals surface area contributed by atoms with E-state index in [0.29, 0.717) is 38.7 Å². The van der Waals surface area contributed by atoms with Crippen LogP contribution in [-0.4, -0.2) is 40.1 Å². The summed E-state index contributed by atoms with van der Waals surface area (Å²) in [4.78, 5) is 33.1. The molecular formula is C38H36N4O5S. The zero-order valence-corrected chi connectivity index (χ0v) is 28.3. The van der Waals surface area contributed by atoms with Crippen molar-refractivity contribution in [2.24, 2.45) is 4.99 Å². The molecule has 9 nitrogen and oxygen atoms in total. The number of para-hydroxylation sites is 1. The van der Waals surface area contributed by atoms with E-state index >= 15 is 0 Å². The summed E-state index contributed by atoms with van der Waals surface area (Å²) in [7, 11) is 1.59. The highest BCUT2D eigenvalue weighted by Crippen LogP contribution is 2.32. The van der Waals surface area contributed by atoms with E-state index in [4.69, 9.17) is 24.3 Å². The van der Waals surface area contributed by atoms with E-state index in [1.165, 1.54) is 11.3 Å². The third kappa shape index (κ3) is 6.39. The summed E-state index contributed by atoms with van der Waals surface area (Å²) < 4.78 is 20.7. The summed E-state index contributed by atoms with van der Waals surface area (Å²) in [5, 5.41) is 4.96. The monoisotopic (exact) mass is 660 g/mol. The first-order valence-electron chi connectivity index (χ1n) is 15.6. The normalized spacial score (nSPS) is 14.5. The number of thiazole rings is 1. The minimum atomic E-state index is -0.738. The van der Waals surface area contributed by atoms with Crippen LogP contribution in [0.25, 0.3) is 23.0 Å². The molecule has 3 heterocycles. The van der Waals surface area contributed by atoms with Crippen LogP contribution >= 0.6 is 11.3 Å². The number of rotatable bonds is 10. The third-order valence-electron chi connectivity index (χ3n) is 7.87. The number of hydrogen-bond acceptors (Lipinski definition) is 8. The van der Waals surface area contributed by atoms with E-state index in [2.05, 4.69) is 6.58 Å². The second-order valence-corrected chi connectivity index (χ2v) is 12.6. The lowest BCUT2D eigenvalue weighted by Crippen LogP contribution is -2.40. The Labute approximate surface area is 282 Å². The van der Waals surface area contributed by atoms with Gasteiger partial charge in [-0.3, -0.25) is 9.36 Å². The first-order valence-corrected chi connectivity index (χ1v) is 16.4. The second-order valence-electron chi connectivity index (χ2n) is 11.6. The predicted molar refractivity (Wildman–Crippen MR) is 187 cm³/mol. The lowest BCUT2D eigenvalue weighted by molar-refractivity contribution is -0.143. The van der Waals surface area contributed by atoms with E-state index in [9.17, 15) is 9.59 Å². The molecule has 0 bridgehead atoms. The van der Waals surface area contributed by atoms with Crippen molar-refractivity contribution in [1.82, 2.24) is 14.3 Å². The Hall–Kier alpha value is -5.48. The van der Waals surface area contributed by atoms with Crippen molar-refractivity contribution in [3.8, 4) is 28.4 Å². The molecule has 6 rings (SSSR count). The first-order chi connectivity index (χ1) is 23.2. The number of hydrogen-bond donors (Lipinski definition) is 0. The number of ether oxygens (including phenoxy) is 3. The molecule has 0 saturated heterocycles. The number of esters is 1. The Kier molecular flexibility index (Phi) is 9.27. The maximum Gasteiger partial charge on any atom is 0.338 e. The molecule has 0 radical (unpaired) electrons. The van der Waals surface area contributed by atoms with Crippen molar-refractivity contribution in [3.05, 3.63) is 139 Å². The van der Waals surface area contributed by atoms with E-state index < -0.39 is 12.0 Å². The van der Waals surface area contributed by atoms with Crippen molar-refractivity contribution < 1.29 is 19.0 Å². The molecule has 1 atom stereocenters. The van der Waals surface area contributed by atoms with Crippen LogP contribution in [0, 0.1) is 6.92 Å². The molecule has 0 N–H and O–H groups in total. The minimum absolute atomic E-state index is 0.273. The fraction of sp³-hybridized carbons (Fsp3) is 0.211. The number of allylic oxidation sites excluding steroid dienone is 1. The van der Waals surface area contributed by atoms with Crippen LogP contribution in [-0.2, 0) is 9.53 Å². The smallest absolute Gasteiger partial charge is 0.338 e. The van der Waals surface area contributed by atoms with E-state index in [1.807, 2.05) is 92.0 Å². The third-order valence-corrected chi connectivity index (χ3v) is 8.85. The Morgan fingerprint density at radius 3 is 2.48 bits per heavy atom. The summed E-state index contributed by atoms with van der Waals surface area (Å²) in [5.74, 6) is 0.914. The number of carbonyl (C=O) groups is 1. The van der Waals surface area contributed by atoms with Gasteiger partial charge in [0.1, 0.15) is 23.8 Å². The molecule has 0 aliphatic carbocycles. The van der Waals surface area contributed by atoms with Gasteiger partial charge in [-0.15, -0.1) is 0 Å². The Morgan fingerprint density at radius 2 is 1.81 bits per heavy atom. The Balaban J connectivity index is 1.53. The average molecular weight is 661 g/mol. The standard InChI is InChI=1S/C38H36N4O5S/c1-7-19-46-31-18-15-27(20-24(31)4)34-28(22-41(40-34)29-11-9-8-10-12-29)21-32-36(43)42-35(26-13-16-30(45-6)17-14-26)33(37(44)47-23(2)3)25(5)39-38(42)48-32/h7-18,20-23,35H,1,19H2,2-6H3. The van der Waals surface area contributed by atoms with Crippen LogP contribution in [0.2, 0.25) is 0 Å². The number of aromatic nitrogens is 3.